The molecule has 0 aliphatic carbocycles. The zero-order chi connectivity index (χ0) is 15.2. The number of carbonyl (C=O) groups is 1. The van der Waals surface area contributed by atoms with Gasteiger partial charge in [0, 0.05) is 29.9 Å². The van der Waals surface area contributed by atoms with Crippen LogP contribution in [0.4, 0.5) is 5.69 Å². The van der Waals surface area contributed by atoms with Crippen LogP contribution in [0.25, 0.3) is 11.1 Å². The first kappa shape index (κ1) is 17.5. The maximum absolute atomic E-state index is 11.5. The van der Waals surface area contributed by atoms with Crippen LogP contribution < -0.4 is 22.5 Å². The third-order valence-electron chi connectivity index (χ3n) is 3.38. The van der Waals surface area contributed by atoms with Crippen molar-refractivity contribution in [3.8, 4) is 16.9 Å². The molecular formula is C15H16ClNO2S3. The number of ether oxygens (including phenoxy) is 1. The maximum Gasteiger partial charge on any atom is 0.309 e. The van der Waals surface area contributed by atoms with Gasteiger partial charge in [0.05, 0.1) is 18.2 Å². The van der Waals surface area contributed by atoms with E-state index in [-0.39, 0.29) is 23.1 Å². The highest BCUT2D eigenvalue weighted by Gasteiger charge is 2.40. The minimum Gasteiger partial charge on any atom is -1.00 e. The summed E-state index contributed by atoms with van der Waals surface area (Å²) in [6, 6.07) is 6.05. The number of thioether (sulfide) groups is 1. The van der Waals surface area contributed by atoms with Crippen LogP contribution in [-0.2, 0) is 10.3 Å². The molecule has 1 aromatic heterocycles. The van der Waals surface area contributed by atoms with Crippen LogP contribution in [0.5, 0.6) is 5.75 Å². The highest BCUT2D eigenvalue weighted by Crippen LogP contribution is 2.53. The Balaban J connectivity index is 0.00000176. The van der Waals surface area contributed by atoms with E-state index >= 15 is 0 Å². The van der Waals surface area contributed by atoms with Crippen LogP contribution in [0, 0.1) is 0 Å². The van der Waals surface area contributed by atoms with Gasteiger partial charge in [-0.25, -0.2) is 0 Å². The van der Waals surface area contributed by atoms with Crippen LogP contribution in [-0.4, -0.2) is 12.2 Å². The van der Waals surface area contributed by atoms with Gasteiger partial charge in [-0.05, 0) is 32.0 Å². The topological polar surface area (TPSA) is 38.3 Å². The van der Waals surface area contributed by atoms with Gasteiger partial charge in [-0.2, -0.15) is 0 Å². The van der Waals surface area contributed by atoms with Crippen LogP contribution in [0.2, 0.25) is 0 Å². The lowest BCUT2D eigenvalue weighted by molar-refractivity contribution is -0.109. The van der Waals surface area contributed by atoms with Gasteiger partial charge in [-0.3, -0.25) is 4.79 Å². The molecule has 22 heavy (non-hydrogen) atoms. The second kappa shape index (κ2) is 6.35. The fraction of sp³-hybridized carbons (Fsp3) is 0.333. The molecule has 118 valence electrons. The first-order valence-corrected chi connectivity index (χ1v) is 9.50. The maximum atomic E-state index is 11.5. The fourth-order valence-electron chi connectivity index (χ4n) is 2.46. The molecule has 3 rings (SSSR count). The molecule has 7 heteroatoms. The molecule has 0 amide bonds. The monoisotopic (exact) mass is 373 g/mol. The summed E-state index contributed by atoms with van der Waals surface area (Å²) < 4.78 is 6.43. The number of hydrogen-bond donors (Lipinski definition) is 1. The molecule has 0 radical (unpaired) electrons. The van der Waals surface area contributed by atoms with Crippen LogP contribution >= 0.6 is 32.4 Å². The number of benzene rings is 1. The summed E-state index contributed by atoms with van der Waals surface area (Å²) >= 11 is 1.32. The average Bonchev–Trinajstić information content (AvgIpc) is 2.82. The second-order valence-corrected chi connectivity index (χ2v) is 9.01. The molecule has 2 heterocycles. The van der Waals surface area contributed by atoms with Gasteiger partial charge < -0.3 is 22.5 Å². The third-order valence-corrected chi connectivity index (χ3v) is 7.44. The van der Waals surface area contributed by atoms with E-state index in [1.165, 1.54) is 22.2 Å². The average molecular weight is 374 g/mol. The Labute approximate surface area is 147 Å². The zero-order valence-corrected chi connectivity index (χ0v) is 15.9. The molecule has 0 spiro atoms. The minimum absolute atomic E-state index is 0. The van der Waals surface area contributed by atoms with Gasteiger partial charge in [-0.1, -0.05) is 0 Å². The minimum atomic E-state index is -0.131. The lowest BCUT2D eigenvalue weighted by Crippen LogP contribution is -3.00. The molecule has 3 nitrogen and oxygen atoms in total. The molecule has 1 aliphatic heterocycles. The molecule has 0 unspecified atom stereocenters. The Morgan fingerprint density at radius 1 is 1.41 bits per heavy atom. The van der Waals surface area contributed by atoms with Gasteiger partial charge >= 0.3 is 10.3 Å². The van der Waals surface area contributed by atoms with E-state index < -0.39 is 0 Å². The van der Waals surface area contributed by atoms with Crippen LogP contribution in [0.1, 0.15) is 25.6 Å². The lowest BCUT2D eigenvalue weighted by atomic mass is 9.90. The van der Waals surface area contributed by atoms with E-state index in [9.17, 15) is 4.79 Å². The number of halogens is 1. The first-order valence-electron chi connectivity index (χ1n) is 6.54. The van der Waals surface area contributed by atoms with E-state index in [1.807, 2.05) is 18.2 Å². The molecule has 2 aromatic rings. The highest BCUT2D eigenvalue weighted by atomic mass is 35.5. The number of hydrogen-bond acceptors (Lipinski definition) is 5. The van der Waals surface area contributed by atoms with Crippen molar-refractivity contribution < 1.29 is 21.9 Å². The summed E-state index contributed by atoms with van der Waals surface area (Å²) in [5.41, 5.74) is 3.25. The summed E-state index contributed by atoms with van der Waals surface area (Å²) in [5.74, 6) is 0.830. The molecule has 0 fully saturated rings. The van der Waals surface area contributed by atoms with Gasteiger partial charge in [0.25, 0.3) is 4.21 Å². The van der Waals surface area contributed by atoms with Crippen molar-refractivity contribution in [2.24, 2.45) is 0 Å². The predicted molar refractivity (Wildman–Crippen MR) is 91.8 cm³/mol. The summed E-state index contributed by atoms with van der Waals surface area (Å²) in [5, 5.41) is 3.70. The Bertz CT molecular complexity index is 728. The van der Waals surface area contributed by atoms with E-state index in [0.29, 0.717) is 0 Å². The molecule has 1 aliphatic rings. The summed E-state index contributed by atoms with van der Waals surface area (Å²) in [4.78, 5) is 12.8. The summed E-state index contributed by atoms with van der Waals surface area (Å²) in [6.07, 6.45) is 0. The van der Waals surface area contributed by atoms with Crippen molar-refractivity contribution in [1.82, 2.24) is 0 Å². The number of fused-ring (bicyclic) bond motifs is 3. The standard InChI is InChI=1S/C15H16NO2S3.ClH/c1-8(17)19-14-12-10-7-9(18-4)5-6-11(10)16-15(2,3)13(12)20-21-14;/h5-7,16H,1-4H3;1H/q+1;/p-1. The predicted octanol–water partition coefficient (Wildman–Crippen LogP) is 2.07. The molecule has 0 saturated heterocycles. The fourth-order valence-corrected chi connectivity index (χ4v) is 6.88. The first-order chi connectivity index (χ1) is 9.92. The van der Waals surface area contributed by atoms with Gasteiger partial charge in [-0.15, -0.1) is 0 Å². The second-order valence-electron chi connectivity index (χ2n) is 5.41. The third kappa shape index (κ3) is 2.97. The Morgan fingerprint density at radius 2 is 2.14 bits per heavy atom. The van der Waals surface area contributed by atoms with E-state index in [2.05, 4.69) is 19.2 Å². The number of anilines is 1. The lowest BCUT2D eigenvalue weighted by Gasteiger charge is -2.32. The van der Waals surface area contributed by atoms with E-state index in [4.69, 9.17) is 4.74 Å². The smallest absolute Gasteiger partial charge is 0.309 e. The highest BCUT2D eigenvalue weighted by molar-refractivity contribution is 8.16. The number of methoxy groups -OCH3 is 1. The Kier molecular flexibility index (Phi) is 5.06. The van der Waals surface area contributed by atoms with E-state index in [1.54, 1.807) is 34.7 Å². The SMILES string of the molecule is COc1ccc2c(c1)-c1c(s[s+]c1SC(C)=O)C(C)(C)N2.[Cl-]. The summed E-state index contributed by atoms with van der Waals surface area (Å²) in [7, 11) is 5.09. The molecule has 1 aromatic carbocycles. The molecule has 0 saturated carbocycles. The van der Waals surface area contributed by atoms with Crippen molar-refractivity contribution in [3.63, 3.8) is 0 Å². The van der Waals surface area contributed by atoms with Gasteiger partial charge in [0.15, 0.2) is 15.5 Å². The number of nitrogens with one attached hydrogen (secondary N) is 1. The van der Waals surface area contributed by atoms with Gasteiger partial charge in [0.2, 0.25) is 0 Å². The van der Waals surface area contributed by atoms with Crippen molar-refractivity contribution in [3.05, 3.63) is 23.1 Å². The van der Waals surface area contributed by atoms with Crippen molar-refractivity contribution >= 4 is 43.2 Å². The number of rotatable bonds is 2. The molecule has 1 N–H and O–H groups in total. The Morgan fingerprint density at radius 3 is 2.77 bits per heavy atom. The summed E-state index contributed by atoms with van der Waals surface area (Å²) in [6.45, 7) is 5.95. The molecular weight excluding hydrogens is 358 g/mol. The van der Waals surface area contributed by atoms with Gasteiger partial charge in [0.1, 0.15) is 10.6 Å². The normalized spacial score (nSPS) is 14.2. The van der Waals surface area contributed by atoms with Crippen molar-refractivity contribution in [2.45, 2.75) is 30.5 Å². The zero-order valence-electron chi connectivity index (χ0n) is 12.7. The van der Waals surface area contributed by atoms with E-state index in [0.717, 1.165) is 21.2 Å². The molecule has 0 bridgehead atoms. The van der Waals surface area contributed by atoms with Crippen LogP contribution in [0.15, 0.2) is 22.4 Å². The van der Waals surface area contributed by atoms with Crippen molar-refractivity contribution in [1.29, 1.82) is 0 Å². The van der Waals surface area contributed by atoms with Crippen LogP contribution in [0.3, 0.4) is 0 Å². The largest absolute Gasteiger partial charge is 1.00 e. The quantitative estimate of drug-likeness (QED) is 0.497. The van der Waals surface area contributed by atoms with Crippen molar-refractivity contribution in [2.75, 3.05) is 12.4 Å². The number of carbonyl (C=O) groups excluding carboxylic acids is 1. The molecule has 0 atom stereocenters. The Hall–Kier alpha value is -0.820.